The maximum atomic E-state index is 12.8. The highest BCUT2D eigenvalue weighted by Crippen LogP contribution is 2.35. The number of fused-ring (bicyclic) bond motifs is 1. The smallest absolute Gasteiger partial charge is 0.331 e. The number of allylic oxidation sites excluding steroid dienone is 1. The van der Waals surface area contributed by atoms with E-state index in [-0.39, 0.29) is 36.3 Å². The predicted molar refractivity (Wildman–Crippen MR) is 93.6 cm³/mol. The third-order valence-corrected chi connectivity index (χ3v) is 4.76. The average Bonchev–Trinajstić information content (AvgIpc) is 2.61. The van der Waals surface area contributed by atoms with Gasteiger partial charge < -0.3 is 18.9 Å². The van der Waals surface area contributed by atoms with Gasteiger partial charge in [-0.15, -0.1) is 0 Å². The molecule has 0 spiro atoms. The van der Waals surface area contributed by atoms with Crippen molar-refractivity contribution in [3.05, 3.63) is 41.3 Å². The van der Waals surface area contributed by atoms with E-state index in [0.29, 0.717) is 25.0 Å². The van der Waals surface area contributed by atoms with Gasteiger partial charge in [-0.25, -0.2) is 4.79 Å². The second-order valence-electron chi connectivity index (χ2n) is 6.88. The number of methoxy groups -OCH3 is 1. The van der Waals surface area contributed by atoms with E-state index >= 15 is 0 Å². The lowest BCUT2D eigenvalue weighted by Crippen LogP contribution is -2.42. The first-order chi connectivity index (χ1) is 12.5. The summed E-state index contributed by atoms with van der Waals surface area (Å²) in [4.78, 5) is 24.0. The van der Waals surface area contributed by atoms with Gasteiger partial charge in [0.1, 0.15) is 24.7 Å². The standard InChI is InChI=1S/C20H24O6/c1-12-6-13(2)8-15(7-12)26-18-10-25-17-9-14(24-11-19(21)23-3)4-5-16(17)20(18)22/h6-8,10,14,16-17H,4-5,9,11H2,1-3H3. The number of rotatable bonds is 5. The van der Waals surface area contributed by atoms with Crippen molar-refractivity contribution in [3.8, 4) is 5.75 Å². The number of ketones is 1. The third kappa shape index (κ3) is 4.25. The molecule has 2 aliphatic rings. The topological polar surface area (TPSA) is 71.1 Å². The van der Waals surface area contributed by atoms with Gasteiger partial charge in [-0.3, -0.25) is 4.79 Å². The molecule has 0 N–H and O–H groups in total. The Morgan fingerprint density at radius 3 is 2.62 bits per heavy atom. The Bertz CT molecular complexity index is 703. The minimum atomic E-state index is -0.406. The fourth-order valence-corrected chi connectivity index (χ4v) is 3.52. The van der Waals surface area contributed by atoms with Gasteiger partial charge in [-0.05, 0) is 49.9 Å². The lowest BCUT2D eigenvalue weighted by Gasteiger charge is -2.36. The first-order valence-electron chi connectivity index (χ1n) is 8.80. The van der Waals surface area contributed by atoms with Crippen LogP contribution < -0.4 is 4.74 Å². The summed E-state index contributed by atoms with van der Waals surface area (Å²) in [5.41, 5.74) is 2.15. The molecular formula is C20H24O6. The molecule has 0 radical (unpaired) electrons. The molecule has 0 bridgehead atoms. The lowest BCUT2D eigenvalue weighted by atomic mass is 9.80. The molecule has 0 amide bonds. The second-order valence-corrected chi connectivity index (χ2v) is 6.88. The molecule has 1 fully saturated rings. The van der Waals surface area contributed by atoms with Crippen LogP contribution in [0.2, 0.25) is 0 Å². The van der Waals surface area contributed by atoms with Crippen LogP contribution in [0.15, 0.2) is 30.2 Å². The predicted octanol–water partition coefficient (Wildman–Crippen LogP) is 2.85. The number of ether oxygens (including phenoxy) is 4. The first kappa shape index (κ1) is 18.5. The zero-order chi connectivity index (χ0) is 18.7. The number of carbonyl (C=O) groups excluding carboxylic acids is 2. The molecule has 0 saturated heterocycles. The average molecular weight is 360 g/mol. The number of benzene rings is 1. The van der Waals surface area contributed by atoms with E-state index in [0.717, 1.165) is 11.1 Å². The molecule has 3 atom stereocenters. The van der Waals surface area contributed by atoms with Crippen LogP contribution in [0.25, 0.3) is 0 Å². The van der Waals surface area contributed by atoms with Gasteiger partial charge in [0.15, 0.2) is 0 Å². The minimum Gasteiger partial charge on any atom is -0.493 e. The third-order valence-electron chi connectivity index (χ3n) is 4.76. The molecule has 6 heteroatoms. The van der Waals surface area contributed by atoms with E-state index in [1.54, 1.807) is 0 Å². The Kier molecular flexibility index (Phi) is 5.61. The highest BCUT2D eigenvalue weighted by atomic mass is 16.6. The zero-order valence-electron chi connectivity index (χ0n) is 15.3. The largest absolute Gasteiger partial charge is 0.493 e. The molecule has 1 aliphatic heterocycles. The van der Waals surface area contributed by atoms with Crippen LogP contribution in [-0.2, 0) is 23.8 Å². The van der Waals surface area contributed by atoms with Gasteiger partial charge in [-0.1, -0.05) is 6.07 Å². The summed E-state index contributed by atoms with van der Waals surface area (Å²) in [6.07, 6.45) is 2.96. The monoisotopic (exact) mass is 360 g/mol. The van der Waals surface area contributed by atoms with Gasteiger partial charge >= 0.3 is 5.97 Å². The summed E-state index contributed by atoms with van der Waals surface area (Å²) in [7, 11) is 1.33. The highest BCUT2D eigenvalue weighted by Gasteiger charge is 2.41. The number of carbonyl (C=O) groups is 2. The number of esters is 1. The SMILES string of the molecule is COC(=O)COC1CCC2C(=O)C(Oc3cc(C)cc(C)c3)=COC2C1. The van der Waals surface area contributed by atoms with Crippen LogP contribution >= 0.6 is 0 Å². The van der Waals surface area contributed by atoms with E-state index in [9.17, 15) is 9.59 Å². The minimum absolute atomic E-state index is 0.0353. The summed E-state index contributed by atoms with van der Waals surface area (Å²) in [6, 6.07) is 5.83. The number of hydrogen-bond acceptors (Lipinski definition) is 6. The molecule has 0 aromatic heterocycles. The maximum Gasteiger partial charge on any atom is 0.331 e. The number of hydrogen-bond donors (Lipinski definition) is 0. The van der Waals surface area contributed by atoms with E-state index in [4.69, 9.17) is 14.2 Å². The summed E-state index contributed by atoms with van der Waals surface area (Å²) < 4.78 is 21.7. The van der Waals surface area contributed by atoms with Gasteiger partial charge in [-0.2, -0.15) is 0 Å². The summed E-state index contributed by atoms with van der Waals surface area (Å²) in [6.45, 7) is 3.89. The highest BCUT2D eigenvalue weighted by molar-refractivity contribution is 5.96. The first-order valence-corrected chi connectivity index (χ1v) is 8.80. The molecule has 26 heavy (non-hydrogen) atoms. The number of Topliss-reactive ketones (excluding diaryl/α,β-unsaturated/α-hetero) is 1. The Morgan fingerprint density at radius 1 is 1.19 bits per heavy atom. The van der Waals surface area contributed by atoms with Crippen molar-refractivity contribution in [2.75, 3.05) is 13.7 Å². The van der Waals surface area contributed by atoms with Crippen molar-refractivity contribution in [2.45, 2.75) is 45.3 Å². The Labute approximate surface area is 153 Å². The Hall–Kier alpha value is -2.34. The van der Waals surface area contributed by atoms with Crippen LogP contribution in [0.3, 0.4) is 0 Å². The molecule has 3 rings (SSSR count). The number of aryl methyl sites for hydroxylation is 2. The van der Waals surface area contributed by atoms with Gasteiger partial charge in [0.05, 0.1) is 19.1 Å². The maximum absolute atomic E-state index is 12.8. The van der Waals surface area contributed by atoms with Crippen LogP contribution in [-0.4, -0.2) is 37.7 Å². The summed E-state index contributed by atoms with van der Waals surface area (Å²) in [5, 5.41) is 0. The van der Waals surface area contributed by atoms with Crippen molar-refractivity contribution >= 4 is 11.8 Å². The van der Waals surface area contributed by atoms with Crippen molar-refractivity contribution in [3.63, 3.8) is 0 Å². The molecule has 1 aliphatic carbocycles. The van der Waals surface area contributed by atoms with Gasteiger partial charge in [0, 0.05) is 6.42 Å². The van der Waals surface area contributed by atoms with Crippen molar-refractivity contribution in [1.29, 1.82) is 0 Å². The van der Waals surface area contributed by atoms with E-state index < -0.39 is 5.97 Å². The lowest BCUT2D eigenvalue weighted by molar-refractivity contribution is -0.152. The van der Waals surface area contributed by atoms with E-state index in [2.05, 4.69) is 4.74 Å². The molecular weight excluding hydrogens is 336 g/mol. The molecule has 140 valence electrons. The van der Waals surface area contributed by atoms with Crippen LogP contribution in [0, 0.1) is 19.8 Å². The fraction of sp³-hybridized carbons (Fsp3) is 0.500. The van der Waals surface area contributed by atoms with Gasteiger partial charge in [0.2, 0.25) is 11.5 Å². The van der Waals surface area contributed by atoms with Crippen molar-refractivity contribution < 1.29 is 28.5 Å². The quantitative estimate of drug-likeness (QED) is 0.752. The van der Waals surface area contributed by atoms with Crippen molar-refractivity contribution in [2.24, 2.45) is 5.92 Å². The van der Waals surface area contributed by atoms with Crippen LogP contribution in [0.1, 0.15) is 30.4 Å². The Balaban J connectivity index is 1.63. The normalized spacial score (nSPS) is 25.0. The van der Waals surface area contributed by atoms with Crippen LogP contribution in [0.4, 0.5) is 0 Å². The second kappa shape index (κ2) is 7.91. The molecule has 1 aromatic carbocycles. The Morgan fingerprint density at radius 2 is 1.92 bits per heavy atom. The molecule has 6 nitrogen and oxygen atoms in total. The summed E-state index contributed by atoms with van der Waals surface area (Å²) >= 11 is 0. The van der Waals surface area contributed by atoms with Gasteiger partial charge in [0.25, 0.3) is 0 Å². The van der Waals surface area contributed by atoms with Crippen molar-refractivity contribution in [1.82, 2.24) is 0 Å². The molecule has 1 saturated carbocycles. The van der Waals surface area contributed by atoms with Crippen LogP contribution in [0.5, 0.6) is 5.75 Å². The zero-order valence-corrected chi connectivity index (χ0v) is 15.3. The summed E-state index contributed by atoms with van der Waals surface area (Å²) in [5.74, 6) is 0.201. The molecule has 1 aromatic rings. The molecule has 3 unspecified atom stereocenters. The fourth-order valence-electron chi connectivity index (χ4n) is 3.52. The van der Waals surface area contributed by atoms with E-state index in [1.165, 1.54) is 13.4 Å². The molecule has 1 heterocycles. The van der Waals surface area contributed by atoms with E-state index in [1.807, 2.05) is 32.0 Å².